The zero-order valence-corrected chi connectivity index (χ0v) is 14.8. The van der Waals surface area contributed by atoms with E-state index in [1.165, 1.54) is 6.07 Å². The average Bonchev–Trinajstić information content (AvgIpc) is 3.35. The monoisotopic (exact) mass is 369 g/mol. The summed E-state index contributed by atoms with van der Waals surface area (Å²) in [6, 6.07) is 4.77. The maximum atomic E-state index is 14.5. The molecule has 6 nitrogen and oxygen atoms in total. The van der Waals surface area contributed by atoms with Gasteiger partial charge in [-0.05, 0) is 42.9 Å². The minimum absolute atomic E-state index is 0.0283. The van der Waals surface area contributed by atoms with Gasteiger partial charge < -0.3 is 15.0 Å². The van der Waals surface area contributed by atoms with Gasteiger partial charge in [-0.2, -0.15) is 0 Å². The fourth-order valence-electron chi connectivity index (χ4n) is 4.31. The minimum Gasteiger partial charge on any atom is -0.481 e. The summed E-state index contributed by atoms with van der Waals surface area (Å²) in [7, 11) is 0. The Morgan fingerprint density at radius 1 is 1.30 bits per heavy atom. The summed E-state index contributed by atoms with van der Waals surface area (Å²) in [5.74, 6) is -2.28. The van der Waals surface area contributed by atoms with Crippen molar-refractivity contribution in [1.29, 1.82) is 0 Å². The molecule has 140 valence electrons. The minimum atomic E-state index is -0.932. The predicted molar refractivity (Wildman–Crippen MR) is 95.5 cm³/mol. The van der Waals surface area contributed by atoms with Crippen molar-refractivity contribution in [2.75, 3.05) is 0 Å². The Morgan fingerprint density at radius 2 is 2.04 bits per heavy atom. The molecule has 1 heterocycles. The highest BCUT2D eigenvalue weighted by Gasteiger charge is 2.51. The fourth-order valence-corrected chi connectivity index (χ4v) is 4.31. The smallest absolute Gasteiger partial charge is 0.307 e. The van der Waals surface area contributed by atoms with Crippen LogP contribution in [-0.4, -0.2) is 26.5 Å². The quantitative estimate of drug-likeness (QED) is 0.793. The molecule has 1 fully saturated rings. The fraction of sp³-hybridized carbons (Fsp3) is 0.350. The standard InChI is InChI=1S/C20H20FN3O3/c1-11-22-6-7-24(11)16-5-2-12(8-15(16)21)10-23-19(25)17-13-3-4-14(9-13)18(17)20(26)27/h2-8,13-14,17-18H,9-10H2,1H3,(H,23,25)(H,26,27)/t13-,14-,17-,18+/m0/s1. The molecule has 0 spiro atoms. The summed E-state index contributed by atoms with van der Waals surface area (Å²) in [5.41, 5.74) is 1.01. The predicted octanol–water partition coefficient (Wildman–Crippen LogP) is 2.46. The third kappa shape index (κ3) is 3.03. The Hall–Kier alpha value is -2.96. The third-order valence-electron chi connectivity index (χ3n) is 5.61. The Labute approximate surface area is 155 Å². The molecule has 1 saturated carbocycles. The number of amides is 1. The van der Waals surface area contributed by atoms with Crippen LogP contribution in [0.2, 0.25) is 0 Å². The number of halogens is 1. The lowest BCUT2D eigenvalue weighted by Gasteiger charge is -2.23. The first-order valence-corrected chi connectivity index (χ1v) is 8.93. The summed E-state index contributed by atoms with van der Waals surface area (Å²) >= 11 is 0. The van der Waals surface area contributed by atoms with E-state index in [9.17, 15) is 19.1 Å². The highest BCUT2D eigenvalue weighted by Crippen LogP contribution is 2.48. The summed E-state index contributed by atoms with van der Waals surface area (Å²) in [6.07, 6.45) is 7.84. The molecule has 7 heteroatoms. The SMILES string of the molecule is Cc1nccn1-c1ccc(CNC(=O)[C@@H]2[C@H](C(=O)O)[C@H]3C=C[C@H]2C3)cc1F. The highest BCUT2D eigenvalue weighted by molar-refractivity contribution is 5.86. The third-order valence-corrected chi connectivity index (χ3v) is 5.61. The molecule has 1 aromatic carbocycles. The zero-order chi connectivity index (χ0) is 19.1. The average molecular weight is 369 g/mol. The van der Waals surface area contributed by atoms with Crippen molar-refractivity contribution < 1.29 is 19.1 Å². The van der Waals surface area contributed by atoms with Crippen molar-refractivity contribution in [1.82, 2.24) is 14.9 Å². The van der Waals surface area contributed by atoms with E-state index < -0.39 is 23.6 Å². The number of fused-ring (bicyclic) bond motifs is 2. The number of rotatable bonds is 5. The molecule has 2 aliphatic rings. The molecule has 2 aromatic rings. The summed E-state index contributed by atoms with van der Waals surface area (Å²) in [4.78, 5) is 28.2. The van der Waals surface area contributed by atoms with E-state index in [1.54, 1.807) is 36.0 Å². The highest BCUT2D eigenvalue weighted by atomic mass is 19.1. The number of aryl methyl sites for hydroxylation is 1. The number of benzene rings is 1. The van der Waals surface area contributed by atoms with Crippen molar-refractivity contribution in [3.63, 3.8) is 0 Å². The Morgan fingerprint density at radius 3 is 2.67 bits per heavy atom. The van der Waals surface area contributed by atoms with Crippen LogP contribution in [0.1, 0.15) is 17.8 Å². The van der Waals surface area contributed by atoms with Gasteiger partial charge in [-0.25, -0.2) is 9.37 Å². The van der Waals surface area contributed by atoms with E-state index >= 15 is 0 Å². The maximum absolute atomic E-state index is 14.5. The number of allylic oxidation sites excluding steroid dienone is 2. The van der Waals surface area contributed by atoms with Gasteiger partial charge in [0.15, 0.2) is 0 Å². The molecular weight excluding hydrogens is 349 g/mol. The molecule has 0 unspecified atom stereocenters. The van der Waals surface area contributed by atoms with E-state index in [-0.39, 0.29) is 24.3 Å². The maximum Gasteiger partial charge on any atom is 0.307 e. The molecule has 0 radical (unpaired) electrons. The van der Waals surface area contributed by atoms with Crippen LogP contribution < -0.4 is 5.32 Å². The van der Waals surface area contributed by atoms with Crippen LogP contribution in [0.4, 0.5) is 4.39 Å². The van der Waals surface area contributed by atoms with Crippen LogP contribution in [0, 0.1) is 36.4 Å². The number of carboxylic acid groups (broad SMARTS) is 1. The summed E-state index contributed by atoms with van der Waals surface area (Å²) in [5, 5.41) is 12.2. The summed E-state index contributed by atoms with van der Waals surface area (Å²) in [6.45, 7) is 1.94. The number of imidazole rings is 1. The molecule has 2 N–H and O–H groups in total. The molecule has 0 saturated heterocycles. The second kappa shape index (κ2) is 6.64. The zero-order valence-electron chi connectivity index (χ0n) is 14.8. The summed E-state index contributed by atoms with van der Waals surface area (Å²) < 4.78 is 16.1. The number of carboxylic acids is 1. The van der Waals surface area contributed by atoms with E-state index in [1.807, 2.05) is 12.2 Å². The van der Waals surface area contributed by atoms with Crippen LogP contribution in [0.3, 0.4) is 0 Å². The van der Waals surface area contributed by atoms with Crippen LogP contribution in [-0.2, 0) is 16.1 Å². The Kier molecular flexibility index (Phi) is 4.30. The van der Waals surface area contributed by atoms with Gasteiger partial charge in [0.1, 0.15) is 11.6 Å². The lowest BCUT2D eigenvalue weighted by atomic mass is 9.82. The molecule has 4 atom stereocenters. The van der Waals surface area contributed by atoms with Gasteiger partial charge in [-0.15, -0.1) is 0 Å². The van der Waals surface area contributed by atoms with Gasteiger partial charge in [-0.1, -0.05) is 18.2 Å². The molecule has 0 aliphatic heterocycles. The molecule has 1 aromatic heterocycles. The molecule has 1 amide bonds. The van der Waals surface area contributed by atoms with Crippen LogP contribution in [0.15, 0.2) is 42.7 Å². The number of aliphatic carboxylic acids is 1. The van der Waals surface area contributed by atoms with Gasteiger partial charge >= 0.3 is 5.97 Å². The van der Waals surface area contributed by atoms with Crippen LogP contribution >= 0.6 is 0 Å². The molecule has 4 rings (SSSR count). The van der Waals surface area contributed by atoms with E-state index in [0.717, 1.165) is 0 Å². The van der Waals surface area contributed by atoms with Crippen LogP contribution in [0.25, 0.3) is 5.69 Å². The normalized spacial score (nSPS) is 25.7. The molecular formula is C20H20FN3O3. The lowest BCUT2D eigenvalue weighted by Crippen LogP contribution is -2.39. The van der Waals surface area contributed by atoms with Gasteiger partial charge in [0, 0.05) is 18.9 Å². The molecule has 2 bridgehead atoms. The topological polar surface area (TPSA) is 84.2 Å². The Balaban J connectivity index is 1.45. The first-order chi connectivity index (χ1) is 13.0. The van der Waals surface area contributed by atoms with Gasteiger partial charge in [-0.3, -0.25) is 9.59 Å². The van der Waals surface area contributed by atoms with E-state index in [4.69, 9.17) is 0 Å². The van der Waals surface area contributed by atoms with E-state index in [2.05, 4.69) is 10.3 Å². The van der Waals surface area contributed by atoms with Gasteiger partial charge in [0.2, 0.25) is 5.91 Å². The van der Waals surface area contributed by atoms with Gasteiger partial charge in [0.05, 0.1) is 17.5 Å². The number of hydrogen-bond acceptors (Lipinski definition) is 3. The number of nitrogens with one attached hydrogen (secondary N) is 1. The van der Waals surface area contributed by atoms with Crippen molar-refractivity contribution >= 4 is 11.9 Å². The van der Waals surface area contributed by atoms with E-state index in [0.29, 0.717) is 23.5 Å². The first kappa shape index (κ1) is 17.5. The molecule has 2 aliphatic carbocycles. The number of carbonyl (C=O) groups excluding carboxylic acids is 1. The first-order valence-electron chi connectivity index (χ1n) is 8.93. The van der Waals surface area contributed by atoms with Gasteiger partial charge in [0.25, 0.3) is 0 Å². The number of aromatic nitrogens is 2. The number of carbonyl (C=O) groups is 2. The largest absolute Gasteiger partial charge is 0.481 e. The van der Waals surface area contributed by atoms with Crippen LogP contribution in [0.5, 0.6) is 0 Å². The van der Waals surface area contributed by atoms with Crippen molar-refractivity contribution in [3.8, 4) is 5.69 Å². The van der Waals surface area contributed by atoms with Crippen molar-refractivity contribution in [2.45, 2.75) is 19.9 Å². The lowest BCUT2D eigenvalue weighted by molar-refractivity contribution is -0.147. The number of hydrogen-bond donors (Lipinski definition) is 2. The van der Waals surface area contributed by atoms with Crippen molar-refractivity contribution in [3.05, 3.63) is 59.9 Å². The second-order valence-corrected chi connectivity index (χ2v) is 7.19. The number of nitrogens with zero attached hydrogens (tertiary/aromatic N) is 2. The second-order valence-electron chi connectivity index (χ2n) is 7.19. The Bertz CT molecular complexity index is 936. The van der Waals surface area contributed by atoms with Crippen molar-refractivity contribution in [2.24, 2.45) is 23.7 Å². The molecule has 27 heavy (non-hydrogen) atoms.